The van der Waals surface area contributed by atoms with E-state index in [0.29, 0.717) is 5.56 Å². The Hall–Kier alpha value is -1.22. The minimum atomic E-state index is -1.85. The van der Waals surface area contributed by atoms with Gasteiger partial charge in [0.25, 0.3) is 6.36 Å². The van der Waals surface area contributed by atoms with Gasteiger partial charge < -0.3 is 4.74 Å². The second-order valence-corrected chi connectivity index (χ2v) is 4.00. The van der Waals surface area contributed by atoms with Crippen LogP contribution in [0.4, 0.5) is 4.39 Å². The molecule has 17 heavy (non-hydrogen) atoms. The van der Waals surface area contributed by atoms with Gasteiger partial charge in [-0.3, -0.25) is 4.79 Å². The molecule has 0 saturated carbocycles. The lowest BCUT2D eigenvalue weighted by atomic mass is 10.1. The zero-order valence-electron chi connectivity index (χ0n) is 10.4. The fourth-order valence-corrected chi connectivity index (χ4v) is 1.65. The van der Waals surface area contributed by atoms with E-state index in [1.165, 1.54) is 0 Å². The second-order valence-electron chi connectivity index (χ2n) is 4.00. The molecule has 0 aromatic heterocycles. The molecule has 0 fully saturated rings. The van der Waals surface area contributed by atoms with E-state index in [9.17, 15) is 9.18 Å². The molecule has 94 valence electrons. The first kappa shape index (κ1) is 13.8. The topological polar surface area (TPSA) is 26.3 Å². The van der Waals surface area contributed by atoms with Crippen LogP contribution in [0.3, 0.4) is 0 Å². The summed E-state index contributed by atoms with van der Waals surface area (Å²) in [7, 11) is 0. The maximum absolute atomic E-state index is 13.7. The molecule has 0 bridgehead atoms. The number of hydrogen-bond donors (Lipinski definition) is 0. The number of halogens is 1. The lowest BCUT2D eigenvalue weighted by Crippen LogP contribution is -2.25. The lowest BCUT2D eigenvalue weighted by Gasteiger charge is -2.17. The Kier molecular flexibility index (Phi) is 5.84. The Labute approximate surface area is 102 Å². The van der Waals surface area contributed by atoms with E-state index in [1.807, 2.05) is 13.8 Å². The van der Waals surface area contributed by atoms with Crippen LogP contribution < -0.4 is 0 Å². The smallest absolute Gasteiger partial charge is 0.263 e. The van der Waals surface area contributed by atoms with Crippen LogP contribution in [0.15, 0.2) is 30.3 Å². The summed E-state index contributed by atoms with van der Waals surface area (Å²) in [6.07, 6.45) is 0.386. The molecule has 0 N–H and O–H groups in total. The summed E-state index contributed by atoms with van der Waals surface area (Å²) in [5.74, 6) is -0.597. The molecule has 0 amide bonds. The third kappa shape index (κ3) is 4.27. The van der Waals surface area contributed by atoms with Crippen LogP contribution in [0.2, 0.25) is 0 Å². The van der Waals surface area contributed by atoms with Gasteiger partial charge in [-0.2, -0.15) is 0 Å². The zero-order chi connectivity index (χ0) is 12.7. The largest absolute Gasteiger partial charge is 0.339 e. The molecule has 1 rings (SSSR count). The van der Waals surface area contributed by atoms with Crippen molar-refractivity contribution in [2.24, 2.45) is 0 Å². The number of carbonyl (C=O) groups is 1. The molecular formula is C14H19FO2. The van der Waals surface area contributed by atoms with Crippen molar-refractivity contribution in [2.45, 2.75) is 45.6 Å². The van der Waals surface area contributed by atoms with Crippen molar-refractivity contribution in [3.8, 4) is 0 Å². The van der Waals surface area contributed by atoms with Crippen LogP contribution in [-0.2, 0) is 4.74 Å². The van der Waals surface area contributed by atoms with Gasteiger partial charge in [-0.05, 0) is 12.8 Å². The Morgan fingerprint density at radius 3 is 2.47 bits per heavy atom. The van der Waals surface area contributed by atoms with Crippen molar-refractivity contribution in [2.75, 3.05) is 0 Å². The number of rotatable bonds is 7. The average molecular weight is 238 g/mol. The normalized spacial score (nSPS) is 14.3. The number of hydrogen-bond acceptors (Lipinski definition) is 2. The van der Waals surface area contributed by atoms with Gasteiger partial charge in [-0.15, -0.1) is 0 Å². The van der Waals surface area contributed by atoms with Crippen molar-refractivity contribution < 1.29 is 13.9 Å². The molecule has 1 aromatic rings. The summed E-state index contributed by atoms with van der Waals surface area (Å²) < 4.78 is 18.8. The molecule has 0 aliphatic rings. The van der Waals surface area contributed by atoms with Gasteiger partial charge in [0.05, 0.1) is 6.10 Å². The Morgan fingerprint density at radius 2 is 1.94 bits per heavy atom. The molecule has 1 aromatic carbocycles. The zero-order valence-corrected chi connectivity index (χ0v) is 10.4. The number of carbonyl (C=O) groups excluding carboxylic acids is 1. The number of Topliss-reactive ketones (excluding diaryl/α,β-unsaturated/α-hetero) is 1. The monoisotopic (exact) mass is 238 g/mol. The van der Waals surface area contributed by atoms with Gasteiger partial charge in [-0.25, -0.2) is 4.39 Å². The molecular weight excluding hydrogens is 219 g/mol. The second kappa shape index (κ2) is 7.17. The minimum Gasteiger partial charge on any atom is -0.339 e. The summed E-state index contributed by atoms with van der Waals surface area (Å²) in [5.41, 5.74) is 0.353. The van der Waals surface area contributed by atoms with Gasteiger partial charge in [0.15, 0.2) is 0 Å². The number of benzene rings is 1. The van der Waals surface area contributed by atoms with Gasteiger partial charge in [0.2, 0.25) is 5.78 Å². The van der Waals surface area contributed by atoms with Gasteiger partial charge in [-0.1, -0.05) is 50.6 Å². The highest BCUT2D eigenvalue weighted by Gasteiger charge is 2.22. The minimum absolute atomic E-state index is 0.178. The SMILES string of the molecule is CCCC(CC)OC(F)C(=O)c1ccccc1. The number of ketones is 1. The average Bonchev–Trinajstić information content (AvgIpc) is 2.38. The van der Waals surface area contributed by atoms with Crippen molar-refractivity contribution in [1.29, 1.82) is 0 Å². The van der Waals surface area contributed by atoms with Crippen LogP contribution in [0.5, 0.6) is 0 Å². The van der Waals surface area contributed by atoms with E-state index < -0.39 is 12.1 Å². The maximum atomic E-state index is 13.7. The van der Waals surface area contributed by atoms with Gasteiger partial charge >= 0.3 is 0 Å². The van der Waals surface area contributed by atoms with Crippen molar-refractivity contribution in [1.82, 2.24) is 0 Å². The fourth-order valence-electron chi connectivity index (χ4n) is 1.65. The van der Waals surface area contributed by atoms with E-state index >= 15 is 0 Å². The molecule has 0 spiro atoms. The summed E-state index contributed by atoms with van der Waals surface area (Å²) in [6.45, 7) is 3.94. The highest BCUT2D eigenvalue weighted by Crippen LogP contribution is 2.14. The Balaban J connectivity index is 2.58. The Morgan fingerprint density at radius 1 is 1.29 bits per heavy atom. The van der Waals surface area contributed by atoms with Gasteiger partial charge in [0, 0.05) is 5.56 Å². The van der Waals surface area contributed by atoms with Crippen LogP contribution in [0.25, 0.3) is 0 Å². The van der Waals surface area contributed by atoms with Crippen LogP contribution >= 0.6 is 0 Å². The first-order valence-electron chi connectivity index (χ1n) is 6.07. The molecule has 0 aliphatic heterocycles. The molecule has 0 saturated heterocycles. The maximum Gasteiger partial charge on any atom is 0.263 e. The van der Waals surface area contributed by atoms with E-state index in [4.69, 9.17) is 4.74 Å². The quantitative estimate of drug-likeness (QED) is 0.676. The predicted octanol–water partition coefficient (Wildman–Crippen LogP) is 3.76. The van der Waals surface area contributed by atoms with Crippen molar-refractivity contribution in [3.05, 3.63) is 35.9 Å². The third-order valence-electron chi connectivity index (χ3n) is 2.64. The summed E-state index contributed by atoms with van der Waals surface area (Å²) >= 11 is 0. The van der Waals surface area contributed by atoms with E-state index in [1.54, 1.807) is 30.3 Å². The summed E-state index contributed by atoms with van der Waals surface area (Å²) in [4.78, 5) is 11.7. The highest BCUT2D eigenvalue weighted by atomic mass is 19.1. The van der Waals surface area contributed by atoms with Gasteiger partial charge in [0.1, 0.15) is 0 Å². The van der Waals surface area contributed by atoms with Crippen LogP contribution in [0, 0.1) is 0 Å². The molecule has 2 nitrogen and oxygen atoms in total. The van der Waals surface area contributed by atoms with Crippen molar-refractivity contribution >= 4 is 5.78 Å². The van der Waals surface area contributed by atoms with E-state index in [0.717, 1.165) is 19.3 Å². The molecule has 2 atom stereocenters. The van der Waals surface area contributed by atoms with Crippen molar-refractivity contribution in [3.63, 3.8) is 0 Å². The lowest BCUT2D eigenvalue weighted by molar-refractivity contribution is -0.0673. The predicted molar refractivity (Wildman–Crippen MR) is 65.7 cm³/mol. The van der Waals surface area contributed by atoms with Crippen LogP contribution in [0.1, 0.15) is 43.5 Å². The van der Waals surface area contributed by atoms with E-state index in [2.05, 4.69) is 0 Å². The molecule has 0 heterocycles. The summed E-state index contributed by atoms with van der Waals surface area (Å²) in [5, 5.41) is 0. The third-order valence-corrected chi connectivity index (χ3v) is 2.64. The Bertz CT molecular complexity index is 337. The highest BCUT2D eigenvalue weighted by molar-refractivity contribution is 5.98. The number of ether oxygens (including phenoxy) is 1. The summed E-state index contributed by atoms with van der Waals surface area (Å²) in [6, 6.07) is 8.40. The molecule has 3 heteroatoms. The first-order valence-corrected chi connectivity index (χ1v) is 6.07. The standard InChI is InChI=1S/C14H19FO2/c1-3-8-12(4-2)17-14(15)13(16)11-9-6-5-7-10-11/h5-7,9-10,12,14H,3-4,8H2,1-2H3. The fraction of sp³-hybridized carbons (Fsp3) is 0.500. The number of alkyl halides is 1. The molecule has 0 aliphatic carbocycles. The molecule has 2 unspecified atom stereocenters. The molecule has 0 radical (unpaired) electrons. The van der Waals surface area contributed by atoms with Crippen LogP contribution in [-0.4, -0.2) is 18.2 Å². The first-order chi connectivity index (χ1) is 8.19. The van der Waals surface area contributed by atoms with E-state index in [-0.39, 0.29) is 6.10 Å².